The smallest absolute Gasteiger partial charge is 0.150 e. The molecular weight excluding hydrogens is 218 g/mol. The number of hydrogen-bond donors (Lipinski definition) is 1. The molecule has 3 heteroatoms. The van der Waals surface area contributed by atoms with Crippen LogP contribution in [0.3, 0.4) is 0 Å². The first-order valence-corrected chi connectivity index (χ1v) is 5.68. The fourth-order valence-corrected chi connectivity index (χ4v) is 2.21. The molecule has 0 saturated heterocycles. The van der Waals surface area contributed by atoms with Gasteiger partial charge in [0.25, 0.3) is 0 Å². The molecule has 0 bridgehead atoms. The van der Waals surface area contributed by atoms with E-state index in [1.165, 1.54) is 0 Å². The summed E-state index contributed by atoms with van der Waals surface area (Å²) >= 11 is 1.63. The van der Waals surface area contributed by atoms with Crippen molar-refractivity contribution in [1.82, 2.24) is 0 Å². The van der Waals surface area contributed by atoms with Gasteiger partial charge in [-0.15, -0.1) is 0 Å². The Bertz CT molecular complexity index is 494. The van der Waals surface area contributed by atoms with Gasteiger partial charge in [0.15, 0.2) is 0 Å². The van der Waals surface area contributed by atoms with Crippen LogP contribution in [0.4, 0.5) is 5.69 Å². The third kappa shape index (κ3) is 2.64. The Labute approximate surface area is 98.5 Å². The number of nitrogen functional groups attached to an aromatic ring is 1. The lowest BCUT2D eigenvalue weighted by atomic mass is 10.2. The lowest BCUT2D eigenvalue weighted by molar-refractivity contribution is 0.112. The van der Waals surface area contributed by atoms with Crippen LogP contribution in [-0.4, -0.2) is 6.29 Å². The Morgan fingerprint density at radius 3 is 2.38 bits per heavy atom. The Morgan fingerprint density at radius 2 is 1.75 bits per heavy atom. The molecule has 80 valence electrons. The van der Waals surface area contributed by atoms with Crippen LogP contribution in [0, 0.1) is 0 Å². The maximum Gasteiger partial charge on any atom is 0.150 e. The van der Waals surface area contributed by atoms with Gasteiger partial charge in [0.05, 0.1) is 0 Å². The average molecular weight is 229 g/mol. The van der Waals surface area contributed by atoms with E-state index in [4.69, 9.17) is 5.73 Å². The number of aldehydes is 1. The predicted molar refractivity (Wildman–Crippen MR) is 66.8 cm³/mol. The van der Waals surface area contributed by atoms with Crippen LogP contribution in [-0.2, 0) is 0 Å². The van der Waals surface area contributed by atoms with Gasteiger partial charge in [-0.3, -0.25) is 4.79 Å². The lowest BCUT2D eigenvalue weighted by Gasteiger charge is -2.02. The molecule has 16 heavy (non-hydrogen) atoms. The first-order chi connectivity index (χ1) is 7.78. The molecule has 0 fully saturated rings. The van der Waals surface area contributed by atoms with E-state index in [-0.39, 0.29) is 0 Å². The normalized spacial score (nSPS) is 10.0. The van der Waals surface area contributed by atoms with Crippen molar-refractivity contribution in [2.45, 2.75) is 9.79 Å². The zero-order valence-corrected chi connectivity index (χ0v) is 9.41. The van der Waals surface area contributed by atoms with Gasteiger partial charge in [0, 0.05) is 21.0 Å². The largest absolute Gasteiger partial charge is 0.399 e. The molecule has 0 heterocycles. The molecule has 2 aromatic carbocycles. The van der Waals surface area contributed by atoms with Gasteiger partial charge >= 0.3 is 0 Å². The molecular formula is C13H11NOS. The second-order valence-electron chi connectivity index (χ2n) is 3.36. The standard InChI is InChI=1S/C13H11NOS/c14-11-2-1-3-13(8-11)16-12-6-4-10(9-15)5-7-12/h1-9H,14H2. The third-order valence-electron chi connectivity index (χ3n) is 2.11. The maximum absolute atomic E-state index is 10.5. The molecule has 2 rings (SSSR count). The van der Waals surface area contributed by atoms with Crippen molar-refractivity contribution in [3.05, 3.63) is 54.1 Å². The van der Waals surface area contributed by atoms with E-state index in [2.05, 4.69) is 0 Å². The highest BCUT2D eigenvalue weighted by Gasteiger charge is 1.98. The molecule has 0 radical (unpaired) electrons. The van der Waals surface area contributed by atoms with Gasteiger partial charge in [-0.05, 0) is 30.3 Å². The highest BCUT2D eigenvalue weighted by molar-refractivity contribution is 7.99. The van der Waals surface area contributed by atoms with Gasteiger partial charge in [0.2, 0.25) is 0 Å². The fraction of sp³-hybridized carbons (Fsp3) is 0. The second kappa shape index (κ2) is 4.86. The van der Waals surface area contributed by atoms with E-state index in [0.29, 0.717) is 5.56 Å². The first-order valence-electron chi connectivity index (χ1n) is 4.86. The maximum atomic E-state index is 10.5. The van der Waals surface area contributed by atoms with E-state index < -0.39 is 0 Å². The van der Waals surface area contributed by atoms with Gasteiger partial charge in [-0.1, -0.05) is 30.0 Å². The summed E-state index contributed by atoms with van der Waals surface area (Å²) in [5.74, 6) is 0. The van der Waals surface area contributed by atoms with Crippen molar-refractivity contribution < 1.29 is 4.79 Å². The number of nitrogens with two attached hydrogens (primary N) is 1. The molecule has 0 aliphatic carbocycles. The Hall–Kier alpha value is -1.74. The van der Waals surface area contributed by atoms with E-state index in [1.807, 2.05) is 48.5 Å². The van der Waals surface area contributed by atoms with Gasteiger partial charge in [-0.25, -0.2) is 0 Å². The van der Waals surface area contributed by atoms with Crippen molar-refractivity contribution in [2.75, 3.05) is 5.73 Å². The molecule has 2 N–H and O–H groups in total. The van der Waals surface area contributed by atoms with Crippen molar-refractivity contribution in [1.29, 1.82) is 0 Å². The van der Waals surface area contributed by atoms with E-state index >= 15 is 0 Å². The van der Waals surface area contributed by atoms with Crippen LogP contribution in [0.25, 0.3) is 0 Å². The van der Waals surface area contributed by atoms with Crippen molar-refractivity contribution >= 4 is 23.7 Å². The number of hydrogen-bond acceptors (Lipinski definition) is 3. The van der Waals surface area contributed by atoms with Gasteiger partial charge in [0.1, 0.15) is 6.29 Å². The van der Waals surface area contributed by atoms with Crippen molar-refractivity contribution in [3.8, 4) is 0 Å². The summed E-state index contributed by atoms with van der Waals surface area (Å²) in [6.45, 7) is 0. The van der Waals surface area contributed by atoms with Crippen LogP contribution in [0.5, 0.6) is 0 Å². The molecule has 2 nitrogen and oxygen atoms in total. The summed E-state index contributed by atoms with van der Waals surface area (Å²) in [7, 11) is 0. The van der Waals surface area contributed by atoms with Crippen LogP contribution in [0.2, 0.25) is 0 Å². The molecule has 0 atom stereocenters. The molecule has 0 spiro atoms. The Balaban J connectivity index is 2.17. The van der Waals surface area contributed by atoms with Gasteiger partial charge in [-0.2, -0.15) is 0 Å². The monoisotopic (exact) mass is 229 g/mol. The number of carbonyl (C=O) groups excluding carboxylic acids is 1. The number of benzene rings is 2. The van der Waals surface area contributed by atoms with Crippen LogP contribution >= 0.6 is 11.8 Å². The highest BCUT2D eigenvalue weighted by Crippen LogP contribution is 2.28. The molecule has 0 aliphatic heterocycles. The average Bonchev–Trinajstić information content (AvgIpc) is 2.30. The van der Waals surface area contributed by atoms with Crippen LogP contribution < -0.4 is 5.73 Å². The zero-order chi connectivity index (χ0) is 11.4. The van der Waals surface area contributed by atoms with Crippen LogP contribution in [0.15, 0.2) is 58.3 Å². The minimum atomic E-state index is 0.692. The number of rotatable bonds is 3. The third-order valence-corrected chi connectivity index (χ3v) is 3.11. The minimum Gasteiger partial charge on any atom is -0.399 e. The zero-order valence-electron chi connectivity index (χ0n) is 8.59. The topological polar surface area (TPSA) is 43.1 Å². The van der Waals surface area contributed by atoms with Crippen LogP contribution in [0.1, 0.15) is 10.4 Å². The van der Waals surface area contributed by atoms with Gasteiger partial charge < -0.3 is 5.73 Å². The molecule has 0 saturated carbocycles. The molecule has 0 unspecified atom stereocenters. The Kier molecular flexibility index (Phi) is 3.27. The summed E-state index contributed by atoms with van der Waals surface area (Å²) in [5, 5.41) is 0. The first kappa shape index (κ1) is 10.8. The van der Waals surface area contributed by atoms with Crippen molar-refractivity contribution in [3.63, 3.8) is 0 Å². The summed E-state index contributed by atoms with van der Waals surface area (Å²) in [5.41, 5.74) is 7.15. The molecule has 0 aromatic heterocycles. The second-order valence-corrected chi connectivity index (χ2v) is 4.51. The summed E-state index contributed by atoms with van der Waals surface area (Å²) in [6.07, 6.45) is 0.842. The van der Waals surface area contributed by atoms with E-state index in [0.717, 1.165) is 21.8 Å². The van der Waals surface area contributed by atoms with E-state index in [9.17, 15) is 4.79 Å². The highest BCUT2D eigenvalue weighted by atomic mass is 32.2. The quantitative estimate of drug-likeness (QED) is 0.649. The lowest BCUT2D eigenvalue weighted by Crippen LogP contribution is -1.83. The predicted octanol–water partition coefficient (Wildman–Crippen LogP) is 3.23. The summed E-state index contributed by atoms with van der Waals surface area (Å²) < 4.78 is 0. The molecule has 2 aromatic rings. The SMILES string of the molecule is Nc1cccc(Sc2ccc(C=O)cc2)c1. The fourth-order valence-electron chi connectivity index (χ4n) is 1.33. The Morgan fingerprint density at radius 1 is 1.00 bits per heavy atom. The molecule has 0 aliphatic rings. The number of carbonyl (C=O) groups is 1. The summed E-state index contributed by atoms with van der Waals surface area (Å²) in [6, 6.07) is 15.2. The van der Waals surface area contributed by atoms with E-state index in [1.54, 1.807) is 11.8 Å². The molecule has 0 amide bonds. The summed E-state index contributed by atoms with van der Waals surface area (Å²) in [4.78, 5) is 12.7. The number of anilines is 1. The minimum absolute atomic E-state index is 0.692. The van der Waals surface area contributed by atoms with Crippen molar-refractivity contribution in [2.24, 2.45) is 0 Å².